The van der Waals surface area contributed by atoms with Gasteiger partial charge in [0.2, 0.25) is 0 Å². The lowest BCUT2D eigenvalue weighted by Gasteiger charge is -2.34. The van der Waals surface area contributed by atoms with Crippen LogP contribution in [-0.4, -0.2) is 19.6 Å². The number of halogens is 4. The van der Waals surface area contributed by atoms with Crippen molar-refractivity contribution in [3.05, 3.63) is 28.2 Å². The standard InChI is InChI=1S/C14H18BrF3N2/c1-13(4-6-19-7-5-13)9-20-12-8-10(15)2-3-11(12)14(16,17)18/h2-3,8,19-20H,4-7,9H2,1H3. The van der Waals surface area contributed by atoms with Gasteiger partial charge < -0.3 is 10.6 Å². The molecule has 0 unspecified atom stereocenters. The summed E-state index contributed by atoms with van der Waals surface area (Å²) in [4.78, 5) is 0. The monoisotopic (exact) mass is 350 g/mol. The zero-order valence-electron chi connectivity index (χ0n) is 11.3. The minimum atomic E-state index is -4.34. The molecule has 2 rings (SSSR count). The van der Waals surface area contributed by atoms with Crippen LogP contribution in [0.15, 0.2) is 22.7 Å². The molecule has 1 aromatic rings. The number of rotatable bonds is 3. The Morgan fingerprint density at radius 3 is 2.55 bits per heavy atom. The first kappa shape index (κ1) is 15.6. The van der Waals surface area contributed by atoms with Gasteiger partial charge in [0.05, 0.1) is 5.56 Å². The maximum atomic E-state index is 13.0. The number of nitrogens with one attached hydrogen (secondary N) is 2. The molecule has 6 heteroatoms. The fourth-order valence-corrected chi connectivity index (χ4v) is 2.79. The lowest BCUT2D eigenvalue weighted by atomic mass is 9.81. The van der Waals surface area contributed by atoms with Crippen LogP contribution in [0, 0.1) is 5.41 Å². The van der Waals surface area contributed by atoms with Gasteiger partial charge in [0.25, 0.3) is 0 Å². The maximum absolute atomic E-state index is 13.0. The second kappa shape index (κ2) is 5.93. The fraction of sp³-hybridized carbons (Fsp3) is 0.571. The highest BCUT2D eigenvalue weighted by atomic mass is 79.9. The molecule has 0 radical (unpaired) electrons. The first-order valence-corrected chi connectivity index (χ1v) is 7.41. The van der Waals surface area contributed by atoms with Crippen molar-refractivity contribution in [2.24, 2.45) is 5.41 Å². The number of piperidine rings is 1. The smallest absolute Gasteiger partial charge is 0.384 e. The van der Waals surface area contributed by atoms with Crippen LogP contribution >= 0.6 is 15.9 Å². The Hall–Kier alpha value is -0.750. The van der Waals surface area contributed by atoms with Crippen molar-refractivity contribution in [3.8, 4) is 0 Å². The molecule has 1 aromatic carbocycles. The van der Waals surface area contributed by atoms with Crippen molar-refractivity contribution in [2.75, 3.05) is 25.0 Å². The Balaban J connectivity index is 2.14. The first-order chi connectivity index (χ1) is 9.30. The number of benzene rings is 1. The zero-order chi connectivity index (χ0) is 14.8. The summed E-state index contributed by atoms with van der Waals surface area (Å²) in [5.41, 5.74) is -0.430. The molecule has 0 saturated carbocycles. The van der Waals surface area contributed by atoms with E-state index in [9.17, 15) is 13.2 Å². The van der Waals surface area contributed by atoms with E-state index >= 15 is 0 Å². The van der Waals surface area contributed by atoms with Gasteiger partial charge in [-0.3, -0.25) is 0 Å². The summed E-state index contributed by atoms with van der Waals surface area (Å²) in [5.74, 6) is 0. The molecule has 1 aliphatic heterocycles. The number of alkyl halides is 3. The molecule has 1 fully saturated rings. The van der Waals surface area contributed by atoms with Gasteiger partial charge in [-0.15, -0.1) is 0 Å². The third kappa shape index (κ3) is 3.88. The van der Waals surface area contributed by atoms with Crippen molar-refractivity contribution in [1.29, 1.82) is 0 Å². The molecule has 2 nitrogen and oxygen atoms in total. The third-order valence-electron chi connectivity index (χ3n) is 3.80. The highest BCUT2D eigenvalue weighted by molar-refractivity contribution is 9.10. The third-order valence-corrected chi connectivity index (χ3v) is 4.30. The Kier molecular flexibility index (Phi) is 4.64. The topological polar surface area (TPSA) is 24.1 Å². The van der Waals surface area contributed by atoms with Crippen molar-refractivity contribution >= 4 is 21.6 Å². The van der Waals surface area contributed by atoms with E-state index in [-0.39, 0.29) is 11.1 Å². The van der Waals surface area contributed by atoms with Crippen LogP contribution in [0.4, 0.5) is 18.9 Å². The van der Waals surface area contributed by atoms with Crippen molar-refractivity contribution in [3.63, 3.8) is 0 Å². The van der Waals surface area contributed by atoms with Gasteiger partial charge in [-0.05, 0) is 49.5 Å². The average Bonchev–Trinajstić information content (AvgIpc) is 2.36. The largest absolute Gasteiger partial charge is 0.418 e. The highest BCUT2D eigenvalue weighted by Crippen LogP contribution is 2.37. The highest BCUT2D eigenvalue weighted by Gasteiger charge is 2.34. The maximum Gasteiger partial charge on any atom is 0.418 e. The Morgan fingerprint density at radius 2 is 1.95 bits per heavy atom. The molecule has 1 saturated heterocycles. The minimum Gasteiger partial charge on any atom is -0.384 e. The lowest BCUT2D eigenvalue weighted by Crippen LogP contribution is -2.39. The van der Waals surface area contributed by atoms with Crippen LogP contribution in [0.5, 0.6) is 0 Å². The van der Waals surface area contributed by atoms with Crippen LogP contribution in [0.2, 0.25) is 0 Å². The molecule has 0 atom stereocenters. The van der Waals surface area contributed by atoms with Crippen molar-refractivity contribution in [2.45, 2.75) is 25.9 Å². The van der Waals surface area contributed by atoms with Crippen molar-refractivity contribution in [1.82, 2.24) is 5.32 Å². The predicted molar refractivity (Wildman–Crippen MR) is 77.8 cm³/mol. The summed E-state index contributed by atoms with van der Waals surface area (Å²) in [5, 5.41) is 6.26. The summed E-state index contributed by atoms with van der Waals surface area (Å²) in [6.07, 6.45) is -2.40. The van der Waals surface area contributed by atoms with E-state index in [1.54, 1.807) is 0 Å². The SMILES string of the molecule is CC1(CNc2cc(Br)ccc2C(F)(F)F)CCNCC1. The number of anilines is 1. The second-order valence-corrected chi connectivity index (χ2v) is 6.52. The molecule has 0 aliphatic carbocycles. The molecule has 0 aromatic heterocycles. The predicted octanol–water partition coefficient (Wildman–Crippen LogP) is 4.27. The minimum absolute atomic E-state index is 0.0381. The van der Waals surface area contributed by atoms with Gasteiger partial charge in [-0.25, -0.2) is 0 Å². The van der Waals surface area contributed by atoms with Gasteiger partial charge in [0.1, 0.15) is 0 Å². The molecule has 0 spiro atoms. The molecule has 2 N–H and O–H groups in total. The second-order valence-electron chi connectivity index (χ2n) is 5.60. The van der Waals surface area contributed by atoms with Gasteiger partial charge in [0, 0.05) is 16.7 Å². The lowest BCUT2D eigenvalue weighted by molar-refractivity contribution is -0.137. The van der Waals surface area contributed by atoms with E-state index in [1.807, 2.05) is 0 Å². The molecule has 0 amide bonds. The van der Waals surface area contributed by atoms with E-state index < -0.39 is 11.7 Å². The molecular weight excluding hydrogens is 333 g/mol. The van der Waals surface area contributed by atoms with Gasteiger partial charge in [0.15, 0.2) is 0 Å². The van der Waals surface area contributed by atoms with Gasteiger partial charge in [-0.1, -0.05) is 22.9 Å². The molecule has 1 heterocycles. The van der Waals surface area contributed by atoms with Gasteiger partial charge in [-0.2, -0.15) is 13.2 Å². The summed E-state index contributed by atoms with van der Waals surface area (Å²) in [6.45, 7) is 4.51. The van der Waals surface area contributed by atoms with Crippen molar-refractivity contribution < 1.29 is 13.2 Å². The van der Waals surface area contributed by atoms with Crippen LogP contribution in [0.3, 0.4) is 0 Å². The molecular formula is C14H18BrF3N2. The Labute approximate surface area is 125 Å². The van der Waals surface area contributed by atoms with E-state index in [0.29, 0.717) is 11.0 Å². The average molecular weight is 351 g/mol. The zero-order valence-corrected chi connectivity index (χ0v) is 12.9. The summed E-state index contributed by atoms with van der Waals surface area (Å²) in [6, 6.07) is 4.02. The fourth-order valence-electron chi connectivity index (χ4n) is 2.43. The van der Waals surface area contributed by atoms with E-state index in [0.717, 1.165) is 32.0 Å². The molecule has 0 bridgehead atoms. The van der Waals surface area contributed by atoms with Crippen LogP contribution in [0.1, 0.15) is 25.3 Å². The van der Waals surface area contributed by atoms with E-state index in [4.69, 9.17) is 0 Å². The van der Waals surface area contributed by atoms with Crippen LogP contribution in [0.25, 0.3) is 0 Å². The molecule has 1 aliphatic rings. The normalized spacial score (nSPS) is 18.9. The Bertz CT molecular complexity index is 468. The van der Waals surface area contributed by atoms with Gasteiger partial charge >= 0.3 is 6.18 Å². The first-order valence-electron chi connectivity index (χ1n) is 6.62. The number of hydrogen-bond donors (Lipinski definition) is 2. The van der Waals surface area contributed by atoms with E-state index in [1.165, 1.54) is 12.1 Å². The van der Waals surface area contributed by atoms with E-state index in [2.05, 4.69) is 33.5 Å². The molecule has 112 valence electrons. The quantitative estimate of drug-likeness (QED) is 0.850. The van der Waals surface area contributed by atoms with Crippen LogP contribution in [-0.2, 0) is 6.18 Å². The molecule has 20 heavy (non-hydrogen) atoms. The van der Waals surface area contributed by atoms with Crippen LogP contribution < -0.4 is 10.6 Å². The summed E-state index contributed by atoms with van der Waals surface area (Å²) in [7, 11) is 0. The summed E-state index contributed by atoms with van der Waals surface area (Å²) < 4.78 is 39.6. The Morgan fingerprint density at radius 1 is 1.30 bits per heavy atom. The number of hydrogen-bond acceptors (Lipinski definition) is 2. The summed E-state index contributed by atoms with van der Waals surface area (Å²) >= 11 is 3.23.